The summed E-state index contributed by atoms with van der Waals surface area (Å²) in [5.41, 5.74) is -28.9. The van der Waals surface area contributed by atoms with Crippen molar-refractivity contribution in [1.29, 1.82) is 0 Å². The second-order valence-corrected chi connectivity index (χ2v) is 7.12. The molecule has 4 aliphatic carbocycles. The molecule has 0 heterocycles. The Morgan fingerprint density at radius 3 is 0.769 bits per heavy atom. The molecule has 0 spiro atoms. The molecule has 4 aliphatic rings. The maximum Gasteiger partial charge on any atom is 0.337 e. The molecule has 4 fully saturated rings. The third kappa shape index (κ3) is 1.04. The zero-order valence-electron chi connectivity index (χ0n) is 11.0. The molecular weight excluding hydrogens is 457 g/mol. The Bertz CT molecular complexity index is 515. The molecule has 0 saturated heterocycles. The fourth-order valence-corrected chi connectivity index (χ4v) is 4.81. The second kappa shape index (κ2) is 3.86. The summed E-state index contributed by atoms with van der Waals surface area (Å²) < 4.78 is 197. The van der Waals surface area contributed by atoms with Crippen LogP contribution < -0.4 is 0 Å². The van der Waals surface area contributed by atoms with Gasteiger partial charge in [0.1, 0.15) is 0 Å². The van der Waals surface area contributed by atoms with Crippen molar-refractivity contribution in [2.24, 2.45) is 0 Å². The van der Waals surface area contributed by atoms with Crippen LogP contribution in [0.3, 0.4) is 0 Å². The van der Waals surface area contributed by atoms with Crippen LogP contribution in [0.1, 0.15) is 0 Å². The fourth-order valence-electron chi connectivity index (χ4n) is 3.79. The van der Waals surface area contributed by atoms with E-state index in [0.717, 1.165) is 0 Å². The second-order valence-electron chi connectivity index (χ2n) is 6.08. The SMILES string of the molecule is FC1(F)C2(F)C(F)(F)[C@@]3(F)C(F)(F)[C@@](F)(C2(F)F)[C@@](F)(Cl)C1(F)[C@]3(F)Cl. The Labute approximate surface area is 142 Å². The first-order chi connectivity index (χ1) is 11.0. The average molecular weight is 457 g/mol. The van der Waals surface area contributed by atoms with Gasteiger partial charge in [0.2, 0.25) is 0 Å². The Balaban J connectivity index is 2.71. The zero-order valence-corrected chi connectivity index (χ0v) is 12.6. The first kappa shape index (κ1) is 20.3. The van der Waals surface area contributed by atoms with Crippen molar-refractivity contribution >= 4 is 23.2 Å². The van der Waals surface area contributed by atoms with Gasteiger partial charge in [0, 0.05) is 0 Å². The van der Waals surface area contributed by atoms with Crippen LogP contribution >= 0.6 is 23.2 Å². The smallest absolute Gasteiger partial charge is 0.227 e. The number of alkyl halides is 16. The maximum atomic E-state index is 14.5. The van der Waals surface area contributed by atoms with Gasteiger partial charge in [-0.1, -0.05) is 23.2 Å². The van der Waals surface area contributed by atoms with E-state index in [1.807, 2.05) is 0 Å². The number of rotatable bonds is 0. The largest absolute Gasteiger partial charge is 0.337 e. The quantitative estimate of drug-likeness (QED) is 0.346. The first-order valence-corrected chi connectivity index (χ1v) is 6.78. The van der Waals surface area contributed by atoms with Crippen molar-refractivity contribution in [3.05, 3.63) is 0 Å². The summed E-state index contributed by atoms with van der Waals surface area (Å²) in [5, 5.41) is -13.4. The highest BCUT2D eigenvalue weighted by atomic mass is 35.5. The van der Waals surface area contributed by atoms with Crippen molar-refractivity contribution in [3.8, 4) is 0 Å². The topological polar surface area (TPSA) is 0 Å². The van der Waals surface area contributed by atoms with E-state index in [-0.39, 0.29) is 0 Å². The van der Waals surface area contributed by atoms with Gasteiger partial charge in [-0.15, -0.1) is 0 Å². The van der Waals surface area contributed by atoms with Crippen LogP contribution in [0.25, 0.3) is 0 Å². The van der Waals surface area contributed by atoms with E-state index in [2.05, 4.69) is 23.2 Å². The van der Waals surface area contributed by atoms with Gasteiger partial charge in [0.15, 0.2) is 0 Å². The summed E-state index contributed by atoms with van der Waals surface area (Å²) in [6.45, 7) is 0. The monoisotopic (exact) mass is 456 g/mol. The van der Waals surface area contributed by atoms with E-state index >= 15 is 0 Å². The van der Waals surface area contributed by atoms with Crippen molar-refractivity contribution in [2.45, 2.75) is 56.6 Å². The predicted molar refractivity (Wildman–Crippen MR) is 54.5 cm³/mol. The summed E-state index contributed by atoms with van der Waals surface area (Å²) in [6.07, 6.45) is 0. The lowest BCUT2D eigenvalue weighted by atomic mass is 9.42. The van der Waals surface area contributed by atoms with Gasteiger partial charge >= 0.3 is 29.4 Å². The molecule has 0 aromatic heterocycles. The van der Waals surface area contributed by atoms with E-state index in [1.165, 1.54) is 0 Å². The standard InChI is InChI=1S/C10Cl2F14/c11-5(17)1(13)6(12,18)3(15)8(21,22)2(5,14)9(23,24)4(16,7(1,19)20)10(3,25)26/t1?,2-,3+,4?,5-,6-/m1/s1. The third-order valence-corrected chi connectivity index (χ3v) is 6.23. The van der Waals surface area contributed by atoms with E-state index in [4.69, 9.17) is 0 Å². The Morgan fingerprint density at radius 1 is 0.308 bits per heavy atom. The highest BCUT2D eigenvalue weighted by Crippen LogP contribution is 2.89. The molecular formula is C10Cl2F14. The van der Waals surface area contributed by atoms with Gasteiger partial charge in [-0.25, -0.2) is 26.3 Å². The van der Waals surface area contributed by atoms with Crippen molar-refractivity contribution < 1.29 is 61.5 Å². The molecule has 4 bridgehead atoms. The molecule has 152 valence electrons. The van der Waals surface area contributed by atoms with Crippen LogP contribution in [0, 0.1) is 0 Å². The molecule has 6 atom stereocenters. The molecule has 0 amide bonds. The Hall–Kier alpha value is -0.400. The summed E-state index contributed by atoms with van der Waals surface area (Å²) in [7, 11) is 0. The van der Waals surface area contributed by atoms with E-state index < -0.39 is 56.6 Å². The molecule has 4 saturated carbocycles. The summed E-state index contributed by atoms with van der Waals surface area (Å²) in [5.74, 6) is -30.0. The molecule has 26 heavy (non-hydrogen) atoms. The summed E-state index contributed by atoms with van der Waals surface area (Å²) in [4.78, 5) is 0. The van der Waals surface area contributed by atoms with Gasteiger partial charge in [-0.2, -0.15) is 35.1 Å². The van der Waals surface area contributed by atoms with Crippen molar-refractivity contribution in [2.75, 3.05) is 0 Å². The van der Waals surface area contributed by atoms with Crippen molar-refractivity contribution in [1.82, 2.24) is 0 Å². The predicted octanol–water partition coefficient (Wildman–Crippen LogP) is 5.21. The lowest BCUT2D eigenvalue weighted by molar-refractivity contribution is -0.563. The minimum Gasteiger partial charge on any atom is -0.227 e. The molecule has 0 radical (unpaired) electrons. The minimum absolute atomic E-state index is 4.10. The van der Waals surface area contributed by atoms with Crippen LogP contribution in [0.2, 0.25) is 0 Å². The first-order valence-electron chi connectivity index (χ1n) is 6.02. The molecule has 16 heteroatoms. The highest BCUT2D eigenvalue weighted by molar-refractivity contribution is 6.30. The Kier molecular flexibility index (Phi) is 3.02. The van der Waals surface area contributed by atoms with Gasteiger partial charge in [0.05, 0.1) is 0 Å². The molecule has 0 nitrogen and oxygen atoms in total. The van der Waals surface area contributed by atoms with Gasteiger partial charge in [0.25, 0.3) is 27.3 Å². The minimum atomic E-state index is -7.56. The number of hydrogen-bond acceptors (Lipinski definition) is 0. The normalized spacial score (nSPS) is 60.9. The van der Waals surface area contributed by atoms with E-state index in [1.54, 1.807) is 0 Å². The van der Waals surface area contributed by atoms with Gasteiger partial charge in [-0.05, 0) is 0 Å². The van der Waals surface area contributed by atoms with E-state index in [9.17, 15) is 61.5 Å². The van der Waals surface area contributed by atoms with E-state index in [0.29, 0.717) is 0 Å². The fraction of sp³-hybridized carbons (Fsp3) is 1.00. The van der Waals surface area contributed by atoms with Crippen LogP contribution in [-0.4, -0.2) is 56.6 Å². The summed E-state index contributed by atoms with van der Waals surface area (Å²) >= 11 is 8.21. The van der Waals surface area contributed by atoms with Gasteiger partial charge < -0.3 is 0 Å². The number of halogens is 16. The van der Waals surface area contributed by atoms with Crippen LogP contribution in [-0.2, 0) is 0 Å². The third-order valence-electron chi connectivity index (χ3n) is 5.19. The summed E-state index contributed by atoms with van der Waals surface area (Å²) in [6, 6.07) is 0. The lowest BCUT2D eigenvalue weighted by Crippen LogP contribution is -3.08. The Morgan fingerprint density at radius 2 is 0.500 bits per heavy atom. The van der Waals surface area contributed by atoms with Crippen LogP contribution in [0.15, 0.2) is 0 Å². The molecule has 0 aromatic carbocycles. The molecule has 4 rings (SSSR count). The molecule has 0 N–H and O–H groups in total. The molecule has 0 aromatic rings. The van der Waals surface area contributed by atoms with Crippen LogP contribution in [0.5, 0.6) is 0 Å². The molecule has 0 aliphatic heterocycles. The van der Waals surface area contributed by atoms with Gasteiger partial charge in [-0.3, -0.25) is 0 Å². The highest BCUT2D eigenvalue weighted by Gasteiger charge is 3.22. The van der Waals surface area contributed by atoms with Crippen molar-refractivity contribution in [3.63, 3.8) is 0 Å². The molecule has 2 unspecified atom stereocenters. The average Bonchev–Trinajstić information content (AvgIpc) is 2.46. The van der Waals surface area contributed by atoms with Crippen LogP contribution in [0.4, 0.5) is 61.5 Å². The zero-order chi connectivity index (χ0) is 21.0. The maximum absolute atomic E-state index is 14.5. The number of hydrogen-bond donors (Lipinski definition) is 0. The lowest BCUT2D eigenvalue weighted by Gasteiger charge is -2.74.